The molecule has 0 heteroatoms. The van der Waals surface area contributed by atoms with Crippen molar-refractivity contribution in [3.63, 3.8) is 0 Å². The Morgan fingerprint density at radius 1 is 0.480 bits per heavy atom. The lowest BCUT2D eigenvalue weighted by atomic mass is 9.82. The predicted octanol–water partition coefficient (Wildman–Crippen LogP) is 9.13. The van der Waals surface area contributed by atoms with Crippen LogP contribution in [-0.4, -0.2) is 0 Å². The molecular weight excluding hydrogens is 300 g/mol. The van der Waals surface area contributed by atoms with Crippen molar-refractivity contribution in [1.29, 1.82) is 0 Å². The molecule has 0 aliphatic heterocycles. The number of hydrogen-bond acceptors (Lipinski definition) is 0. The molecule has 0 amide bonds. The molecule has 0 saturated heterocycles. The molecule has 4 atom stereocenters. The second-order valence-corrected chi connectivity index (χ2v) is 10.1. The number of rotatable bonds is 16. The first-order chi connectivity index (χ1) is 11.8. The van der Waals surface area contributed by atoms with Crippen molar-refractivity contribution in [3.8, 4) is 0 Å². The van der Waals surface area contributed by atoms with E-state index in [4.69, 9.17) is 0 Å². The quantitative estimate of drug-likeness (QED) is 0.260. The van der Waals surface area contributed by atoms with Crippen molar-refractivity contribution >= 4 is 0 Å². The average molecular weight is 353 g/mol. The van der Waals surface area contributed by atoms with Gasteiger partial charge in [0.1, 0.15) is 0 Å². The van der Waals surface area contributed by atoms with Crippen molar-refractivity contribution in [2.24, 2.45) is 35.5 Å². The van der Waals surface area contributed by atoms with Crippen molar-refractivity contribution in [1.82, 2.24) is 0 Å². The fraction of sp³-hybridized carbons (Fsp3) is 1.00. The van der Waals surface area contributed by atoms with Crippen LogP contribution in [0, 0.1) is 35.5 Å². The van der Waals surface area contributed by atoms with Crippen LogP contribution in [0.4, 0.5) is 0 Å². The maximum atomic E-state index is 2.49. The van der Waals surface area contributed by atoms with E-state index in [0.717, 1.165) is 35.5 Å². The van der Waals surface area contributed by atoms with Gasteiger partial charge in [-0.15, -0.1) is 0 Å². The van der Waals surface area contributed by atoms with Crippen LogP contribution in [0.3, 0.4) is 0 Å². The highest BCUT2D eigenvalue weighted by atomic mass is 14.2. The Bertz CT molecular complexity index is 278. The Balaban J connectivity index is 3.96. The molecule has 0 aliphatic rings. The highest BCUT2D eigenvalue weighted by molar-refractivity contribution is 4.68. The van der Waals surface area contributed by atoms with Crippen LogP contribution >= 0.6 is 0 Å². The summed E-state index contributed by atoms with van der Waals surface area (Å²) >= 11 is 0. The van der Waals surface area contributed by atoms with Crippen LogP contribution in [0.15, 0.2) is 0 Å². The van der Waals surface area contributed by atoms with Crippen LogP contribution in [0.5, 0.6) is 0 Å². The van der Waals surface area contributed by atoms with Crippen molar-refractivity contribution in [2.45, 2.75) is 126 Å². The smallest absolute Gasteiger partial charge is 0.0391 e. The maximum absolute atomic E-state index is 2.49. The molecule has 0 aromatic rings. The fourth-order valence-electron chi connectivity index (χ4n) is 3.99. The van der Waals surface area contributed by atoms with Gasteiger partial charge in [0.15, 0.2) is 0 Å². The Hall–Kier alpha value is 0. The van der Waals surface area contributed by atoms with Gasteiger partial charge in [0.2, 0.25) is 0 Å². The molecule has 0 nitrogen and oxygen atoms in total. The van der Waals surface area contributed by atoms with Gasteiger partial charge in [-0.2, -0.15) is 0 Å². The second kappa shape index (κ2) is 15.1. The maximum Gasteiger partial charge on any atom is -0.0391 e. The molecule has 0 N–H and O–H groups in total. The molecule has 0 spiro atoms. The van der Waals surface area contributed by atoms with Gasteiger partial charge in [-0.3, -0.25) is 0 Å². The molecule has 152 valence electrons. The van der Waals surface area contributed by atoms with E-state index < -0.39 is 0 Å². The molecule has 0 saturated carbocycles. The lowest BCUT2D eigenvalue weighted by Gasteiger charge is -2.24. The van der Waals surface area contributed by atoms with Gasteiger partial charge < -0.3 is 0 Å². The van der Waals surface area contributed by atoms with Gasteiger partial charge in [0, 0.05) is 0 Å². The van der Waals surface area contributed by atoms with E-state index in [1.807, 2.05) is 0 Å². The lowest BCUT2D eigenvalue weighted by Crippen LogP contribution is -2.12. The fourth-order valence-corrected chi connectivity index (χ4v) is 3.99. The summed E-state index contributed by atoms with van der Waals surface area (Å²) in [6.07, 6.45) is 15.8. The van der Waals surface area contributed by atoms with E-state index in [1.165, 1.54) is 70.6 Å². The summed E-state index contributed by atoms with van der Waals surface area (Å²) in [5, 5.41) is 0. The lowest BCUT2D eigenvalue weighted by molar-refractivity contribution is 0.274. The summed E-state index contributed by atoms with van der Waals surface area (Å²) in [7, 11) is 0. The van der Waals surface area contributed by atoms with Crippen LogP contribution in [0.25, 0.3) is 0 Å². The third-order valence-corrected chi connectivity index (χ3v) is 6.57. The molecule has 0 aromatic heterocycles. The molecule has 4 unspecified atom stereocenters. The Labute approximate surface area is 161 Å². The van der Waals surface area contributed by atoms with Crippen LogP contribution in [0.2, 0.25) is 0 Å². The predicted molar refractivity (Wildman–Crippen MR) is 117 cm³/mol. The monoisotopic (exact) mass is 352 g/mol. The molecule has 0 aliphatic carbocycles. The highest BCUT2D eigenvalue weighted by Crippen LogP contribution is 2.29. The van der Waals surface area contributed by atoms with E-state index in [9.17, 15) is 0 Å². The van der Waals surface area contributed by atoms with Gasteiger partial charge in [-0.05, 0) is 48.3 Å². The Morgan fingerprint density at radius 2 is 0.920 bits per heavy atom. The molecule has 0 rings (SSSR count). The van der Waals surface area contributed by atoms with Crippen molar-refractivity contribution in [3.05, 3.63) is 0 Å². The second-order valence-electron chi connectivity index (χ2n) is 10.1. The zero-order valence-electron chi connectivity index (χ0n) is 19.2. The minimum absolute atomic E-state index is 0.857. The largest absolute Gasteiger partial charge is 0.0651 e. The first-order valence-electron chi connectivity index (χ1n) is 11.8. The Kier molecular flexibility index (Phi) is 15.1. The molecular formula is C25H52. The third kappa shape index (κ3) is 14.8. The SMILES string of the molecule is CCC(C)CCCC(C)CCC(CCC(C)CCCC(C)C)C(C)C. The van der Waals surface area contributed by atoms with Gasteiger partial charge in [-0.25, -0.2) is 0 Å². The zero-order chi connectivity index (χ0) is 19.2. The van der Waals surface area contributed by atoms with Gasteiger partial charge in [-0.1, -0.05) is 113 Å². The van der Waals surface area contributed by atoms with E-state index >= 15 is 0 Å². The third-order valence-electron chi connectivity index (χ3n) is 6.57. The summed E-state index contributed by atoms with van der Waals surface area (Å²) in [5.41, 5.74) is 0. The highest BCUT2D eigenvalue weighted by Gasteiger charge is 2.16. The van der Waals surface area contributed by atoms with E-state index in [-0.39, 0.29) is 0 Å². The summed E-state index contributed by atoms with van der Waals surface area (Å²) in [5.74, 6) is 5.45. The topological polar surface area (TPSA) is 0 Å². The van der Waals surface area contributed by atoms with Crippen molar-refractivity contribution < 1.29 is 0 Å². The standard InChI is InChI=1S/C25H52/c1-9-22(6)13-11-15-24(8)17-19-25(21(4)5)18-16-23(7)14-10-12-20(2)3/h20-25H,9-19H2,1-8H3. The molecule has 0 bridgehead atoms. The normalized spacial score (nSPS) is 17.0. The number of hydrogen-bond donors (Lipinski definition) is 0. The average Bonchev–Trinajstić information content (AvgIpc) is 2.53. The first-order valence-corrected chi connectivity index (χ1v) is 11.8. The van der Waals surface area contributed by atoms with Gasteiger partial charge >= 0.3 is 0 Å². The molecule has 25 heavy (non-hydrogen) atoms. The van der Waals surface area contributed by atoms with E-state index in [0.29, 0.717) is 0 Å². The summed E-state index contributed by atoms with van der Waals surface area (Å²) in [4.78, 5) is 0. The minimum Gasteiger partial charge on any atom is -0.0651 e. The molecule has 0 fully saturated rings. The van der Waals surface area contributed by atoms with Gasteiger partial charge in [0.25, 0.3) is 0 Å². The van der Waals surface area contributed by atoms with Crippen molar-refractivity contribution in [2.75, 3.05) is 0 Å². The van der Waals surface area contributed by atoms with Gasteiger partial charge in [0.05, 0.1) is 0 Å². The van der Waals surface area contributed by atoms with E-state index in [2.05, 4.69) is 55.4 Å². The van der Waals surface area contributed by atoms with E-state index in [1.54, 1.807) is 0 Å². The van der Waals surface area contributed by atoms with Crippen LogP contribution < -0.4 is 0 Å². The molecule has 0 radical (unpaired) electrons. The summed E-state index contributed by atoms with van der Waals surface area (Å²) < 4.78 is 0. The zero-order valence-corrected chi connectivity index (χ0v) is 19.2. The molecule has 0 heterocycles. The Morgan fingerprint density at radius 3 is 1.32 bits per heavy atom. The molecule has 0 aromatic carbocycles. The summed E-state index contributed by atoms with van der Waals surface area (Å²) in [6.45, 7) is 19.3. The van der Waals surface area contributed by atoms with Crippen LogP contribution in [0.1, 0.15) is 126 Å². The minimum atomic E-state index is 0.857. The summed E-state index contributed by atoms with van der Waals surface area (Å²) in [6, 6.07) is 0. The first kappa shape index (κ1) is 25.0. The van der Waals surface area contributed by atoms with Crippen LogP contribution in [-0.2, 0) is 0 Å².